The number of thiocarbonyl (C=S) groups is 1. The van der Waals surface area contributed by atoms with Gasteiger partial charge in [0.2, 0.25) is 0 Å². The first kappa shape index (κ1) is 51.3. The fraction of sp³-hybridized carbons (Fsp3) is 0.800. The Morgan fingerprint density at radius 3 is 2.11 bits per heavy atom. The van der Waals surface area contributed by atoms with Gasteiger partial charge in [0.15, 0.2) is 17.7 Å². The van der Waals surface area contributed by atoms with Crippen LogP contribution in [0.3, 0.4) is 0 Å². The standard InChI is InChI=1S/C45H74N2O13S/c1-14-32-45(10,53)37(50)26(4)34(48)24(2)21-44(9,55-13)39(27(5)36(28(6)40(52)58-32)59-33-22-43(8,54-12)38(51)29(7)57-33)60-41-35(49)31(20-25(3)56-41)47(11)42(61)46-23-30-18-16-15-17-19-30/h15-19,24-29,31-33,35-39,41,49-51,53H,14,20-23H2,1-13H3,(H,46,61)/t24-,25-,26+,27+,28-,29+,31+,32-,33+,35-,36+,37-,38+,39-,41+,43-,44-,45-/m1/s1. The smallest absolute Gasteiger partial charge is 0.311 e. The third-order valence-corrected chi connectivity index (χ3v) is 14.1. The number of ketones is 1. The quantitative estimate of drug-likeness (QED) is 0.168. The molecule has 3 heterocycles. The monoisotopic (exact) mass is 882 g/mol. The van der Waals surface area contributed by atoms with Crippen LogP contribution in [0.15, 0.2) is 30.3 Å². The normalized spacial score (nSPS) is 43.2. The van der Waals surface area contributed by atoms with Crippen molar-refractivity contribution in [3.8, 4) is 0 Å². The van der Waals surface area contributed by atoms with Crippen molar-refractivity contribution in [3.05, 3.63) is 35.9 Å². The van der Waals surface area contributed by atoms with E-state index in [0.717, 1.165) is 5.56 Å². The molecular formula is C45H74N2O13S. The van der Waals surface area contributed by atoms with Gasteiger partial charge >= 0.3 is 5.97 Å². The van der Waals surface area contributed by atoms with Crippen LogP contribution in [-0.2, 0) is 49.3 Å². The van der Waals surface area contributed by atoms with Gasteiger partial charge in [0.25, 0.3) is 0 Å². The number of carbonyl (C=O) groups is 2. The molecule has 0 bridgehead atoms. The molecule has 0 saturated carbocycles. The fourth-order valence-corrected chi connectivity index (χ4v) is 9.71. The van der Waals surface area contributed by atoms with E-state index in [9.17, 15) is 30.0 Å². The van der Waals surface area contributed by atoms with E-state index in [-0.39, 0.29) is 25.0 Å². The van der Waals surface area contributed by atoms with Gasteiger partial charge in [-0.1, -0.05) is 58.0 Å². The second-order valence-corrected chi connectivity index (χ2v) is 18.8. The molecule has 1 aromatic rings. The Kier molecular flexibility index (Phi) is 17.7. The topological polar surface area (TPSA) is 195 Å². The van der Waals surface area contributed by atoms with Crippen LogP contribution in [0.25, 0.3) is 0 Å². The summed E-state index contributed by atoms with van der Waals surface area (Å²) in [6.45, 7) is 17.5. The number of hydrogen-bond donors (Lipinski definition) is 5. The van der Waals surface area contributed by atoms with Gasteiger partial charge in [0, 0.05) is 52.0 Å². The summed E-state index contributed by atoms with van der Waals surface area (Å²) in [7, 11) is 4.80. The van der Waals surface area contributed by atoms with Crippen molar-refractivity contribution >= 4 is 29.1 Å². The Morgan fingerprint density at radius 1 is 0.902 bits per heavy atom. The minimum absolute atomic E-state index is 0.0688. The lowest BCUT2D eigenvalue weighted by atomic mass is 9.74. The minimum atomic E-state index is -1.99. The number of benzene rings is 1. The lowest BCUT2D eigenvalue weighted by molar-refractivity contribution is -0.318. The number of likely N-dealkylation sites (N-methyl/N-ethyl adjacent to an activating group) is 1. The van der Waals surface area contributed by atoms with Crippen molar-refractivity contribution in [1.82, 2.24) is 10.2 Å². The zero-order chi connectivity index (χ0) is 45.8. The Bertz CT molecular complexity index is 1610. The number of ether oxygens (including phenoxy) is 7. The number of nitrogens with zero attached hydrogens (tertiary/aromatic N) is 1. The second kappa shape index (κ2) is 21.1. The zero-order valence-electron chi connectivity index (χ0n) is 38.4. The predicted molar refractivity (Wildman–Crippen MR) is 231 cm³/mol. The van der Waals surface area contributed by atoms with Gasteiger partial charge in [-0.05, 0) is 78.6 Å². The number of nitrogens with one attached hydrogen (secondary N) is 1. The van der Waals surface area contributed by atoms with Gasteiger partial charge in [0.05, 0.1) is 53.7 Å². The molecule has 4 rings (SSSR count). The first-order chi connectivity index (χ1) is 28.5. The van der Waals surface area contributed by atoms with Crippen molar-refractivity contribution < 1.29 is 63.2 Å². The van der Waals surface area contributed by atoms with Gasteiger partial charge in [-0.15, -0.1) is 0 Å². The van der Waals surface area contributed by atoms with Crippen molar-refractivity contribution in [2.75, 3.05) is 21.3 Å². The number of cyclic esters (lactones) is 1. The first-order valence-corrected chi connectivity index (χ1v) is 22.1. The van der Waals surface area contributed by atoms with E-state index in [1.165, 1.54) is 21.1 Å². The maximum atomic E-state index is 14.4. The highest BCUT2D eigenvalue weighted by Gasteiger charge is 2.54. The molecule has 0 amide bonds. The van der Waals surface area contributed by atoms with Crippen LogP contribution >= 0.6 is 12.2 Å². The van der Waals surface area contributed by atoms with Gasteiger partial charge < -0.3 is 63.8 Å². The number of esters is 1. The molecule has 3 aliphatic rings. The number of aliphatic hydroxyl groups excluding tert-OH is 3. The van der Waals surface area contributed by atoms with E-state index in [0.29, 0.717) is 18.1 Å². The summed E-state index contributed by atoms with van der Waals surface area (Å²) in [5, 5.41) is 50.1. The molecule has 5 N–H and O–H groups in total. The van der Waals surface area contributed by atoms with E-state index < -0.39 is 114 Å². The largest absolute Gasteiger partial charge is 0.459 e. The van der Waals surface area contributed by atoms with Crippen LogP contribution < -0.4 is 5.32 Å². The molecule has 0 radical (unpaired) electrons. The number of carbonyl (C=O) groups excluding carboxylic acids is 2. The molecule has 18 atom stereocenters. The maximum Gasteiger partial charge on any atom is 0.311 e. The highest BCUT2D eigenvalue weighted by molar-refractivity contribution is 7.80. The number of hydrogen-bond acceptors (Lipinski definition) is 14. The number of aliphatic hydroxyl groups is 4. The Labute approximate surface area is 368 Å². The number of Topliss-reactive ketones (excluding diaryl/α,β-unsaturated/α-hetero) is 1. The van der Waals surface area contributed by atoms with E-state index >= 15 is 0 Å². The van der Waals surface area contributed by atoms with Crippen molar-refractivity contribution in [1.29, 1.82) is 0 Å². The van der Waals surface area contributed by atoms with Crippen LogP contribution in [0.4, 0.5) is 0 Å². The molecule has 16 heteroatoms. The summed E-state index contributed by atoms with van der Waals surface area (Å²) < 4.78 is 44.5. The fourth-order valence-electron chi connectivity index (χ4n) is 9.50. The highest BCUT2D eigenvalue weighted by Crippen LogP contribution is 2.42. The lowest BCUT2D eigenvalue weighted by Crippen LogP contribution is -2.62. The van der Waals surface area contributed by atoms with Gasteiger partial charge in [-0.2, -0.15) is 0 Å². The average Bonchev–Trinajstić information content (AvgIpc) is 3.23. The third-order valence-electron chi connectivity index (χ3n) is 13.7. The summed E-state index contributed by atoms with van der Waals surface area (Å²) >= 11 is 5.80. The second-order valence-electron chi connectivity index (χ2n) is 18.4. The molecule has 0 aliphatic carbocycles. The molecular weight excluding hydrogens is 809 g/mol. The van der Waals surface area contributed by atoms with Crippen LogP contribution in [-0.4, -0.2) is 148 Å². The molecule has 0 spiro atoms. The van der Waals surface area contributed by atoms with Crippen molar-refractivity contribution in [2.24, 2.45) is 23.7 Å². The summed E-state index contributed by atoms with van der Waals surface area (Å²) in [5.74, 6) is -4.70. The SMILES string of the molecule is CC[C@H]1OC(=O)[C@H](C)[C@@H](O[C@H]2C[C@@](C)(OC)[C@@H](O)[C@H](C)O2)[C@H](C)[C@@H](O[C@@H]2O[C@H](C)C[C@H](N(C)C(=S)NCc3ccccc3)[C@H]2O)[C@](C)(OC)C[C@@H](C)C(=O)[C@H](C)[C@@H](O)[C@]1(C)O. The van der Waals surface area contributed by atoms with E-state index in [2.05, 4.69) is 5.32 Å². The number of rotatable bonds is 10. The molecule has 3 saturated heterocycles. The minimum Gasteiger partial charge on any atom is -0.459 e. The van der Waals surface area contributed by atoms with E-state index in [1.807, 2.05) is 56.1 Å². The Morgan fingerprint density at radius 2 is 1.52 bits per heavy atom. The van der Waals surface area contributed by atoms with Gasteiger partial charge in [-0.3, -0.25) is 9.59 Å². The maximum absolute atomic E-state index is 14.4. The van der Waals surface area contributed by atoms with Crippen molar-refractivity contribution in [2.45, 2.75) is 186 Å². The van der Waals surface area contributed by atoms with Crippen molar-refractivity contribution in [3.63, 3.8) is 0 Å². The summed E-state index contributed by atoms with van der Waals surface area (Å²) in [6.07, 6.45) is -9.67. The summed E-state index contributed by atoms with van der Waals surface area (Å²) in [5.41, 5.74) is -3.33. The van der Waals surface area contributed by atoms with Gasteiger partial charge in [0.1, 0.15) is 29.7 Å². The number of methoxy groups -OCH3 is 2. The Hall–Kier alpha value is -2.35. The molecule has 15 nitrogen and oxygen atoms in total. The summed E-state index contributed by atoms with van der Waals surface area (Å²) in [4.78, 5) is 30.3. The average molecular weight is 883 g/mol. The molecule has 1 aromatic carbocycles. The highest BCUT2D eigenvalue weighted by atomic mass is 32.1. The predicted octanol–water partition coefficient (Wildman–Crippen LogP) is 3.88. The molecule has 3 aliphatic heterocycles. The van der Waals surface area contributed by atoms with E-state index in [1.54, 1.807) is 48.5 Å². The van der Waals surface area contributed by atoms with Crippen LogP contribution in [0.1, 0.15) is 100 Å². The Balaban J connectivity index is 1.80. The van der Waals surface area contributed by atoms with Crippen LogP contribution in [0.5, 0.6) is 0 Å². The summed E-state index contributed by atoms with van der Waals surface area (Å²) in [6, 6.07) is 9.29. The molecule has 3 fully saturated rings. The van der Waals surface area contributed by atoms with Gasteiger partial charge in [-0.25, -0.2) is 0 Å². The van der Waals surface area contributed by atoms with Crippen LogP contribution in [0.2, 0.25) is 0 Å². The van der Waals surface area contributed by atoms with Crippen LogP contribution in [0, 0.1) is 23.7 Å². The third kappa shape index (κ3) is 11.5. The molecule has 0 aromatic heterocycles. The van der Waals surface area contributed by atoms with E-state index in [4.69, 9.17) is 45.4 Å². The molecule has 61 heavy (non-hydrogen) atoms. The molecule has 0 unspecified atom stereocenters. The molecule has 348 valence electrons. The zero-order valence-corrected chi connectivity index (χ0v) is 39.2. The lowest BCUT2D eigenvalue weighted by Gasteiger charge is -2.50. The first-order valence-electron chi connectivity index (χ1n) is 21.7.